The molecule has 1 aromatic carbocycles. The fourth-order valence-electron chi connectivity index (χ4n) is 2.24. The number of halogens is 3. The van der Waals surface area contributed by atoms with Crippen molar-refractivity contribution in [2.45, 2.75) is 12.7 Å². The molecule has 3 aromatic rings. The molecule has 0 saturated carbocycles. The molecule has 2 aromatic heterocycles. The molecule has 0 fully saturated rings. The number of alkyl halides is 3. The molecule has 1 N–H and O–H groups in total. The Kier molecular flexibility index (Phi) is 4.79. The van der Waals surface area contributed by atoms with Crippen LogP contribution in [-0.4, -0.2) is 33.8 Å². The summed E-state index contributed by atoms with van der Waals surface area (Å²) in [6.45, 7) is 0.251. The number of nitrogens with one attached hydrogen (secondary N) is 1. The first-order chi connectivity index (χ1) is 12.3. The molecule has 0 bridgehead atoms. The number of para-hydroxylation sites is 1. The maximum Gasteiger partial charge on any atom is 0.433 e. The molecule has 6 nitrogen and oxygen atoms in total. The highest BCUT2D eigenvalue weighted by Crippen LogP contribution is 2.30. The molecule has 0 saturated heterocycles. The lowest BCUT2D eigenvalue weighted by Crippen LogP contribution is -2.17. The van der Waals surface area contributed by atoms with E-state index in [9.17, 15) is 13.2 Å². The number of aromatic nitrogens is 4. The van der Waals surface area contributed by atoms with E-state index in [0.717, 1.165) is 17.3 Å². The van der Waals surface area contributed by atoms with Crippen LogP contribution in [-0.2, 0) is 12.7 Å². The highest BCUT2D eigenvalue weighted by atomic mass is 19.4. The fourth-order valence-corrected chi connectivity index (χ4v) is 2.24. The third-order valence-corrected chi connectivity index (χ3v) is 3.57. The highest BCUT2D eigenvalue weighted by molar-refractivity contribution is 5.44. The van der Waals surface area contributed by atoms with Gasteiger partial charge in [-0.3, -0.25) is 0 Å². The number of rotatable bonds is 5. The van der Waals surface area contributed by atoms with Crippen molar-refractivity contribution in [3.63, 3.8) is 0 Å². The number of nitrogens with zero attached hydrogens (tertiary/aromatic N) is 5. The van der Waals surface area contributed by atoms with Crippen LogP contribution >= 0.6 is 0 Å². The van der Waals surface area contributed by atoms with E-state index in [4.69, 9.17) is 0 Å². The quantitative estimate of drug-likeness (QED) is 0.754. The molecule has 0 radical (unpaired) electrons. The minimum absolute atomic E-state index is 0.0870. The summed E-state index contributed by atoms with van der Waals surface area (Å²) in [5.74, 6) is 0.0887. The van der Waals surface area contributed by atoms with Gasteiger partial charge >= 0.3 is 6.18 Å². The van der Waals surface area contributed by atoms with Gasteiger partial charge in [0, 0.05) is 38.5 Å². The molecule has 0 spiro atoms. The minimum atomic E-state index is -4.54. The number of anilines is 2. The zero-order valence-corrected chi connectivity index (χ0v) is 14.2. The van der Waals surface area contributed by atoms with E-state index in [1.165, 1.54) is 4.90 Å². The van der Waals surface area contributed by atoms with Crippen LogP contribution in [0.3, 0.4) is 0 Å². The molecule has 9 heteroatoms. The maximum absolute atomic E-state index is 13.0. The van der Waals surface area contributed by atoms with Crippen molar-refractivity contribution in [2.75, 3.05) is 24.3 Å². The van der Waals surface area contributed by atoms with Crippen LogP contribution in [0.25, 0.3) is 5.69 Å². The van der Waals surface area contributed by atoms with Crippen LogP contribution in [0.4, 0.5) is 24.9 Å². The summed E-state index contributed by atoms with van der Waals surface area (Å²) < 4.78 is 40.7. The largest absolute Gasteiger partial charge is 0.433 e. The van der Waals surface area contributed by atoms with Crippen molar-refractivity contribution in [2.24, 2.45) is 0 Å². The van der Waals surface area contributed by atoms with Gasteiger partial charge in [0.15, 0.2) is 5.69 Å². The average molecular weight is 362 g/mol. The Hall–Kier alpha value is -3.10. The van der Waals surface area contributed by atoms with Gasteiger partial charge in [0.05, 0.1) is 11.9 Å². The van der Waals surface area contributed by atoms with Crippen molar-refractivity contribution in [1.29, 1.82) is 0 Å². The molecule has 0 atom stereocenters. The molecule has 3 rings (SSSR count). The SMILES string of the molecule is CN(C)c1cc(C(F)(F)F)nc(NCc2cnn(-c3ccccc3)c2)n1. The Bertz CT molecular complexity index is 874. The van der Waals surface area contributed by atoms with Gasteiger partial charge in [-0.05, 0) is 12.1 Å². The normalized spacial score (nSPS) is 11.4. The topological polar surface area (TPSA) is 58.9 Å². The van der Waals surface area contributed by atoms with Gasteiger partial charge in [0.2, 0.25) is 5.95 Å². The van der Waals surface area contributed by atoms with E-state index in [1.54, 1.807) is 31.2 Å². The molecule has 0 aliphatic rings. The summed E-state index contributed by atoms with van der Waals surface area (Å²) in [6, 6.07) is 10.4. The van der Waals surface area contributed by atoms with E-state index >= 15 is 0 Å². The van der Waals surface area contributed by atoms with Crippen LogP contribution in [0.2, 0.25) is 0 Å². The summed E-state index contributed by atoms with van der Waals surface area (Å²) in [5, 5.41) is 7.08. The van der Waals surface area contributed by atoms with E-state index in [-0.39, 0.29) is 18.3 Å². The van der Waals surface area contributed by atoms with Crippen molar-refractivity contribution < 1.29 is 13.2 Å². The van der Waals surface area contributed by atoms with Gasteiger partial charge in [-0.2, -0.15) is 23.3 Å². The lowest BCUT2D eigenvalue weighted by atomic mass is 10.3. The average Bonchev–Trinajstić information content (AvgIpc) is 3.09. The lowest BCUT2D eigenvalue weighted by molar-refractivity contribution is -0.141. The van der Waals surface area contributed by atoms with Crippen molar-refractivity contribution in [3.05, 3.63) is 60.0 Å². The molecular weight excluding hydrogens is 345 g/mol. The van der Waals surface area contributed by atoms with Crippen LogP contribution in [0, 0.1) is 0 Å². The third kappa shape index (κ3) is 4.11. The molecule has 0 aliphatic carbocycles. The van der Waals surface area contributed by atoms with Gasteiger partial charge in [0.1, 0.15) is 5.82 Å². The summed E-state index contributed by atoms with van der Waals surface area (Å²) >= 11 is 0. The zero-order chi connectivity index (χ0) is 18.7. The van der Waals surface area contributed by atoms with Crippen LogP contribution < -0.4 is 10.2 Å². The maximum atomic E-state index is 13.0. The first-order valence-electron chi connectivity index (χ1n) is 7.79. The van der Waals surface area contributed by atoms with Gasteiger partial charge < -0.3 is 10.2 Å². The number of benzene rings is 1. The minimum Gasteiger partial charge on any atom is -0.363 e. The van der Waals surface area contributed by atoms with E-state index in [0.29, 0.717) is 0 Å². The van der Waals surface area contributed by atoms with Crippen molar-refractivity contribution >= 4 is 11.8 Å². The second kappa shape index (κ2) is 7.03. The van der Waals surface area contributed by atoms with Crippen molar-refractivity contribution in [3.8, 4) is 5.69 Å². The first kappa shape index (κ1) is 17.7. The molecule has 0 aliphatic heterocycles. The Morgan fingerprint density at radius 1 is 1.12 bits per heavy atom. The summed E-state index contributed by atoms with van der Waals surface area (Å²) in [7, 11) is 3.24. The smallest absolute Gasteiger partial charge is 0.363 e. The first-order valence-corrected chi connectivity index (χ1v) is 7.79. The Labute approximate surface area is 148 Å². The lowest BCUT2D eigenvalue weighted by Gasteiger charge is -2.15. The fraction of sp³-hybridized carbons (Fsp3) is 0.235. The van der Waals surface area contributed by atoms with Crippen molar-refractivity contribution in [1.82, 2.24) is 19.7 Å². The zero-order valence-electron chi connectivity index (χ0n) is 14.2. The molecule has 0 unspecified atom stereocenters. The van der Waals surface area contributed by atoms with E-state index in [2.05, 4.69) is 20.4 Å². The summed E-state index contributed by atoms with van der Waals surface area (Å²) in [6.07, 6.45) is -1.11. The van der Waals surface area contributed by atoms with Gasteiger partial charge in [-0.1, -0.05) is 18.2 Å². The van der Waals surface area contributed by atoms with Crippen LogP contribution in [0.15, 0.2) is 48.8 Å². The highest BCUT2D eigenvalue weighted by Gasteiger charge is 2.34. The van der Waals surface area contributed by atoms with Crippen LogP contribution in [0.5, 0.6) is 0 Å². The molecule has 136 valence electrons. The van der Waals surface area contributed by atoms with Gasteiger partial charge in [-0.15, -0.1) is 0 Å². The van der Waals surface area contributed by atoms with Gasteiger partial charge in [0.25, 0.3) is 0 Å². The third-order valence-electron chi connectivity index (χ3n) is 3.57. The molecular formula is C17H17F3N6. The Morgan fingerprint density at radius 2 is 1.85 bits per heavy atom. The summed E-state index contributed by atoms with van der Waals surface area (Å²) in [4.78, 5) is 9.16. The van der Waals surface area contributed by atoms with E-state index in [1.807, 2.05) is 30.3 Å². The summed E-state index contributed by atoms with van der Waals surface area (Å²) in [5.41, 5.74) is 0.698. The molecule has 2 heterocycles. The standard InChI is InChI=1S/C17H17F3N6/c1-25(2)15-8-14(17(18,19)20)23-16(24-15)21-9-12-10-22-26(11-12)13-6-4-3-5-7-13/h3-8,10-11H,9H2,1-2H3,(H,21,23,24). The Balaban J connectivity index is 1.77. The monoisotopic (exact) mass is 362 g/mol. The molecule has 26 heavy (non-hydrogen) atoms. The number of hydrogen-bond acceptors (Lipinski definition) is 5. The van der Waals surface area contributed by atoms with Crippen LogP contribution in [0.1, 0.15) is 11.3 Å². The predicted octanol–water partition coefficient (Wildman–Crippen LogP) is 3.36. The second-order valence-electron chi connectivity index (χ2n) is 5.81. The van der Waals surface area contributed by atoms with E-state index < -0.39 is 11.9 Å². The number of hydrogen-bond donors (Lipinski definition) is 1. The Morgan fingerprint density at radius 3 is 2.50 bits per heavy atom. The predicted molar refractivity (Wildman–Crippen MR) is 92.3 cm³/mol. The molecule has 0 amide bonds. The second-order valence-corrected chi connectivity index (χ2v) is 5.81. The van der Waals surface area contributed by atoms with Gasteiger partial charge in [-0.25, -0.2) is 9.67 Å².